The van der Waals surface area contributed by atoms with Gasteiger partial charge in [0.2, 0.25) is 10.0 Å². The van der Waals surface area contributed by atoms with Crippen LogP contribution in [0.1, 0.15) is 0 Å². The first kappa shape index (κ1) is 13.5. The van der Waals surface area contributed by atoms with E-state index in [-0.39, 0.29) is 40.1 Å². The van der Waals surface area contributed by atoms with Crippen LogP contribution in [-0.2, 0) is 10.0 Å². The standard InChI is InChI=1S/C6H6N2O4S.Na/c7-13(11,12)6-3-1-2-5(4-6)8(9)10;/h1-4H,(H2,7,11,12);. The number of benzene rings is 1. The summed E-state index contributed by atoms with van der Waals surface area (Å²) < 4.78 is 21.5. The molecular formula is C6H6N2NaO4S. The number of sulfonamides is 1. The van der Waals surface area contributed by atoms with Gasteiger partial charge in [-0.1, -0.05) is 6.07 Å². The molecule has 1 rings (SSSR count). The first-order valence-corrected chi connectivity index (χ1v) is 4.73. The number of hydrogen-bond donors (Lipinski definition) is 1. The van der Waals surface area contributed by atoms with Crippen molar-refractivity contribution in [2.75, 3.05) is 0 Å². The van der Waals surface area contributed by atoms with Crippen molar-refractivity contribution in [2.24, 2.45) is 5.14 Å². The molecule has 14 heavy (non-hydrogen) atoms. The molecule has 1 aromatic rings. The zero-order valence-corrected chi connectivity index (χ0v) is 10.2. The van der Waals surface area contributed by atoms with E-state index in [2.05, 4.69) is 0 Å². The van der Waals surface area contributed by atoms with Gasteiger partial charge in [-0.05, 0) is 6.07 Å². The molecule has 0 aliphatic rings. The number of nitro groups is 1. The van der Waals surface area contributed by atoms with Crippen LogP contribution in [-0.4, -0.2) is 42.9 Å². The van der Waals surface area contributed by atoms with Gasteiger partial charge in [0, 0.05) is 41.7 Å². The topological polar surface area (TPSA) is 103 Å². The summed E-state index contributed by atoms with van der Waals surface area (Å²) in [5.41, 5.74) is -0.300. The first-order valence-electron chi connectivity index (χ1n) is 3.18. The Bertz CT molecular complexity index is 445. The second-order valence-corrected chi connectivity index (χ2v) is 3.86. The van der Waals surface area contributed by atoms with Crippen molar-refractivity contribution in [1.82, 2.24) is 0 Å². The minimum absolute atomic E-state index is 0. The van der Waals surface area contributed by atoms with E-state index in [4.69, 9.17) is 5.14 Å². The summed E-state index contributed by atoms with van der Waals surface area (Å²) >= 11 is 0. The molecular weight excluding hydrogens is 219 g/mol. The second-order valence-electron chi connectivity index (χ2n) is 2.30. The Labute approximate surface area is 103 Å². The molecule has 0 saturated carbocycles. The molecule has 71 valence electrons. The fourth-order valence-electron chi connectivity index (χ4n) is 0.774. The molecule has 1 radical (unpaired) electrons. The van der Waals surface area contributed by atoms with Crippen LogP contribution in [0.4, 0.5) is 5.69 Å². The van der Waals surface area contributed by atoms with Gasteiger partial charge in [0.15, 0.2) is 0 Å². The molecule has 0 aliphatic carbocycles. The molecule has 0 amide bonds. The Kier molecular flexibility index (Phi) is 4.69. The zero-order valence-electron chi connectivity index (χ0n) is 7.38. The van der Waals surface area contributed by atoms with E-state index in [9.17, 15) is 18.5 Å². The van der Waals surface area contributed by atoms with Gasteiger partial charge in [-0.25, -0.2) is 13.6 Å². The largest absolute Gasteiger partial charge is 0.270 e. The molecule has 0 aliphatic heterocycles. The molecule has 0 atom stereocenters. The van der Waals surface area contributed by atoms with Crippen molar-refractivity contribution < 1.29 is 13.3 Å². The number of hydrogen-bond acceptors (Lipinski definition) is 4. The Hall–Kier alpha value is -0.470. The van der Waals surface area contributed by atoms with Crippen LogP contribution in [0, 0.1) is 10.1 Å². The van der Waals surface area contributed by atoms with E-state index >= 15 is 0 Å². The monoisotopic (exact) mass is 225 g/mol. The molecule has 8 heteroatoms. The van der Waals surface area contributed by atoms with Crippen molar-refractivity contribution in [3.05, 3.63) is 34.4 Å². The van der Waals surface area contributed by atoms with Gasteiger partial charge < -0.3 is 0 Å². The zero-order chi connectivity index (χ0) is 10.1. The Morgan fingerprint density at radius 3 is 2.36 bits per heavy atom. The van der Waals surface area contributed by atoms with E-state index < -0.39 is 14.9 Å². The maximum Gasteiger partial charge on any atom is 0.270 e. The van der Waals surface area contributed by atoms with Gasteiger partial charge in [0.05, 0.1) is 9.82 Å². The molecule has 0 heterocycles. The van der Waals surface area contributed by atoms with E-state index in [1.54, 1.807) is 0 Å². The number of non-ortho nitro benzene ring substituents is 1. The van der Waals surface area contributed by atoms with Crippen molar-refractivity contribution >= 4 is 45.3 Å². The predicted molar refractivity (Wildman–Crippen MR) is 50.2 cm³/mol. The maximum atomic E-state index is 10.8. The third-order valence-electron chi connectivity index (χ3n) is 1.36. The summed E-state index contributed by atoms with van der Waals surface area (Å²) in [7, 11) is -3.86. The molecule has 0 spiro atoms. The van der Waals surface area contributed by atoms with E-state index in [1.165, 1.54) is 18.2 Å². The number of rotatable bonds is 2. The van der Waals surface area contributed by atoms with Gasteiger partial charge in [0.1, 0.15) is 0 Å². The summed E-state index contributed by atoms with van der Waals surface area (Å²) in [5, 5.41) is 15.0. The van der Waals surface area contributed by atoms with Crippen molar-refractivity contribution in [3.63, 3.8) is 0 Å². The molecule has 2 N–H and O–H groups in total. The molecule has 0 bridgehead atoms. The molecule has 0 fully saturated rings. The molecule has 1 aromatic carbocycles. The van der Waals surface area contributed by atoms with Crippen LogP contribution >= 0.6 is 0 Å². The van der Waals surface area contributed by atoms with Crippen LogP contribution in [0.3, 0.4) is 0 Å². The van der Waals surface area contributed by atoms with Gasteiger partial charge >= 0.3 is 0 Å². The minimum Gasteiger partial charge on any atom is -0.258 e. The van der Waals surface area contributed by atoms with Crippen LogP contribution < -0.4 is 5.14 Å². The molecule has 6 nitrogen and oxygen atoms in total. The van der Waals surface area contributed by atoms with Gasteiger partial charge in [-0.2, -0.15) is 0 Å². The third kappa shape index (κ3) is 3.35. The van der Waals surface area contributed by atoms with Crippen LogP contribution in [0.5, 0.6) is 0 Å². The quantitative estimate of drug-likeness (QED) is 0.429. The van der Waals surface area contributed by atoms with Crippen molar-refractivity contribution in [1.29, 1.82) is 0 Å². The maximum absolute atomic E-state index is 10.8. The predicted octanol–water partition coefficient (Wildman–Crippen LogP) is -0.139. The Balaban J connectivity index is 0.00000169. The number of nitro benzene ring substituents is 1. The summed E-state index contributed by atoms with van der Waals surface area (Å²) in [5.74, 6) is 0. The number of primary sulfonamides is 1. The van der Waals surface area contributed by atoms with Gasteiger partial charge in [-0.15, -0.1) is 0 Å². The van der Waals surface area contributed by atoms with Gasteiger partial charge in [0.25, 0.3) is 5.69 Å². The average Bonchev–Trinajstić information content (AvgIpc) is 2.03. The SMILES string of the molecule is NS(=O)(=O)c1cccc([N+](=O)[O-])c1.[Na]. The van der Waals surface area contributed by atoms with Crippen LogP contribution in [0.25, 0.3) is 0 Å². The van der Waals surface area contributed by atoms with Crippen LogP contribution in [0.2, 0.25) is 0 Å². The summed E-state index contributed by atoms with van der Waals surface area (Å²) in [6.45, 7) is 0. The van der Waals surface area contributed by atoms with Crippen molar-refractivity contribution in [3.8, 4) is 0 Å². The second kappa shape index (κ2) is 4.85. The van der Waals surface area contributed by atoms with E-state index in [0.29, 0.717) is 0 Å². The Morgan fingerprint density at radius 1 is 1.36 bits per heavy atom. The van der Waals surface area contributed by atoms with Crippen molar-refractivity contribution in [2.45, 2.75) is 4.90 Å². The number of nitrogens with two attached hydrogens (primary N) is 1. The van der Waals surface area contributed by atoms with E-state index in [0.717, 1.165) is 6.07 Å². The fourth-order valence-corrected chi connectivity index (χ4v) is 1.33. The summed E-state index contributed by atoms with van der Waals surface area (Å²) in [6.07, 6.45) is 0. The molecule has 0 saturated heterocycles. The average molecular weight is 225 g/mol. The third-order valence-corrected chi connectivity index (χ3v) is 2.27. The number of nitrogens with zero attached hydrogens (tertiary/aromatic N) is 1. The summed E-state index contributed by atoms with van der Waals surface area (Å²) in [6, 6.07) is 4.56. The smallest absolute Gasteiger partial charge is 0.258 e. The van der Waals surface area contributed by atoms with E-state index in [1.807, 2.05) is 0 Å². The summed E-state index contributed by atoms with van der Waals surface area (Å²) in [4.78, 5) is 9.30. The first-order chi connectivity index (χ1) is 5.91. The van der Waals surface area contributed by atoms with Gasteiger partial charge in [-0.3, -0.25) is 10.1 Å². The van der Waals surface area contributed by atoms with Crippen LogP contribution in [0.15, 0.2) is 29.2 Å². The fraction of sp³-hybridized carbons (Fsp3) is 0. The minimum atomic E-state index is -3.86. The molecule has 0 aromatic heterocycles. The normalized spacial score (nSPS) is 10.4. The Morgan fingerprint density at radius 2 is 1.93 bits per heavy atom. The molecule has 0 unspecified atom stereocenters.